The van der Waals surface area contributed by atoms with Gasteiger partial charge in [-0.2, -0.15) is 0 Å². The third-order valence-electron chi connectivity index (χ3n) is 1.37. The van der Waals surface area contributed by atoms with E-state index in [0.717, 1.165) is 25.3 Å². The normalized spacial score (nSPS) is 8.71. The van der Waals surface area contributed by atoms with Gasteiger partial charge in [-0.05, 0) is 19.5 Å². The number of thioether (sulfide) groups is 1. The molecule has 3 nitrogen and oxygen atoms in total. The molecule has 0 aromatic heterocycles. The molecule has 0 spiro atoms. The van der Waals surface area contributed by atoms with Gasteiger partial charge in [-0.15, -0.1) is 24.8 Å². The fourth-order valence-electron chi connectivity index (χ4n) is 0.779. The fraction of sp³-hybridized carbons (Fsp3) is 0.875. The van der Waals surface area contributed by atoms with Gasteiger partial charge in [0.25, 0.3) is 0 Å². The largest absolute Gasteiger partial charge is 0.330 e. The monoisotopic (exact) mass is 262 g/mol. The van der Waals surface area contributed by atoms with E-state index in [-0.39, 0.29) is 29.9 Å². The highest BCUT2D eigenvalue weighted by Gasteiger charge is 2.00. The summed E-state index contributed by atoms with van der Waals surface area (Å²) in [6.07, 6.45) is 1.60. The first kappa shape index (κ1) is 20.0. The van der Waals surface area contributed by atoms with E-state index in [9.17, 15) is 4.79 Å². The van der Waals surface area contributed by atoms with E-state index in [2.05, 4.69) is 12.2 Å². The summed E-state index contributed by atoms with van der Waals surface area (Å²) in [5.41, 5.74) is 5.27. The molecule has 0 saturated heterocycles. The molecule has 3 N–H and O–H groups in total. The molecular formula is C8H20Cl2N2OS. The van der Waals surface area contributed by atoms with Crippen molar-refractivity contribution in [3.05, 3.63) is 0 Å². The van der Waals surface area contributed by atoms with Gasteiger partial charge in [0.2, 0.25) is 0 Å². The zero-order chi connectivity index (χ0) is 9.23. The van der Waals surface area contributed by atoms with Gasteiger partial charge in [0, 0.05) is 18.7 Å². The lowest BCUT2D eigenvalue weighted by Crippen LogP contribution is -2.14. The number of carbonyl (C=O) groups is 1. The van der Waals surface area contributed by atoms with Crippen molar-refractivity contribution in [2.45, 2.75) is 19.8 Å². The molecule has 88 valence electrons. The highest BCUT2D eigenvalue weighted by Crippen LogP contribution is 2.05. The lowest BCUT2D eigenvalue weighted by molar-refractivity contribution is -0.111. The van der Waals surface area contributed by atoms with Gasteiger partial charge in [0.05, 0.1) is 0 Å². The first-order valence-electron chi connectivity index (χ1n) is 4.37. The van der Waals surface area contributed by atoms with Crippen LogP contribution in [0.25, 0.3) is 0 Å². The Balaban J connectivity index is -0.000000605. The van der Waals surface area contributed by atoms with Crippen molar-refractivity contribution in [1.82, 2.24) is 5.32 Å². The van der Waals surface area contributed by atoms with Gasteiger partial charge in [-0.25, -0.2) is 0 Å². The van der Waals surface area contributed by atoms with Crippen molar-refractivity contribution in [3.8, 4) is 0 Å². The average molecular weight is 263 g/mol. The quantitative estimate of drug-likeness (QED) is 0.682. The van der Waals surface area contributed by atoms with E-state index in [1.54, 1.807) is 0 Å². The average Bonchev–Trinajstić information content (AvgIpc) is 2.09. The number of nitrogens with one attached hydrogen (secondary N) is 1. The van der Waals surface area contributed by atoms with E-state index < -0.39 is 0 Å². The minimum absolute atomic E-state index is 0. The Bertz CT molecular complexity index is 128. The standard InChI is InChI=1S/C8H18N2OS.2ClH/c1-2-10-6-3-4-8(11)12-7-5-9;;/h10H,2-7,9H2,1H3;2*1H. The predicted octanol–water partition coefficient (Wildman–Crippen LogP) is 1.44. The Labute approximate surface area is 103 Å². The third-order valence-corrected chi connectivity index (χ3v) is 2.33. The van der Waals surface area contributed by atoms with E-state index in [0.29, 0.717) is 13.0 Å². The van der Waals surface area contributed by atoms with Crippen LogP contribution < -0.4 is 11.1 Å². The zero-order valence-corrected chi connectivity index (χ0v) is 10.9. The number of nitrogens with two attached hydrogens (primary N) is 1. The summed E-state index contributed by atoms with van der Waals surface area (Å²) in [4.78, 5) is 11.0. The molecule has 0 heterocycles. The van der Waals surface area contributed by atoms with Crippen molar-refractivity contribution in [3.63, 3.8) is 0 Å². The molecule has 0 fully saturated rings. The highest BCUT2D eigenvalue weighted by molar-refractivity contribution is 8.13. The molecule has 14 heavy (non-hydrogen) atoms. The SMILES string of the molecule is CCNCCCC(=O)SCCN.Cl.Cl. The van der Waals surface area contributed by atoms with Crippen LogP contribution in [0.15, 0.2) is 0 Å². The Morgan fingerprint density at radius 1 is 1.43 bits per heavy atom. The molecule has 0 aromatic rings. The number of halogens is 2. The van der Waals surface area contributed by atoms with Crippen molar-refractivity contribution in [1.29, 1.82) is 0 Å². The lowest BCUT2D eigenvalue weighted by atomic mass is 10.3. The molecule has 0 aliphatic heterocycles. The van der Waals surface area contributed by atoms with E-state index in [1.165, 1.54) is 11.8 Å². The number of hydrogen-bond donors (Lipinski definition) is 2. The van der Waals surface area contributed by atoms with Gasteiger partial charge in [-0.1, -0.05) is 18.7 Å². The van der Waals surface area contributed by atoms with Crippen LogP contribution in [-0.2, 0) is 4.79 Å². The smallest absolute Gasteiger partial charge is 0.189 e. The molecule has 0 amide bonds. The highest BCUT2D eigenvalue weighted by atomic mass is 35.5. The summed E-state index contributed by atoms with van der Waals surface area (Å²) in [6, 6.07) is 0. The maximum atomic E-state index is 11.0. The molecule has 0 saturated carbocycles. The molecule has 0 radical (unpaired) electrons. The van der Waals surface area contributed by atoms with Crippen LogP contribution in [0.2, 0.25) is 0 Å². The number of carbonyl (C=O) groups excluding carboxylic acids is 1. The molecule has 0 rings (SSSR count). The van der Waals surface area contributed by atoms with E-state index in [4.69, 9.17) is 5.73 Å². The van der Waals surface area contributed by atoms with Crippen LogP contribution >= 0.6 is 36.6 Å². The van der Waals surface area contributed by atoms with Gasteiger partial charge in [-0.3, -0.25) is 4.79 Å². The summed E-state index contributed by atoms with van der Waals surface area (Å²) in [7, 11) is 0. The van der Waals surface area contributed by atoms with Crippen LogP contribution in [0.1, 0.15) is 19.8 Å². The molecule has 6 heteroatoms. The van der Waals surface area contributed by atoms with Gasteiger partial charge < -0.3 is 11.1 Å². The van der Waals surface area contributed by atoms with Crippen molar-refractivity contribution in [2.24, 2.45) is 5.73 Å². The Morgan fingerprint density at radius 3 is 2.57 bits per heavy atom. The van der Waals surface area contributed by atoms with Crippen LogP contribution in [0.4, 0.5) is 0 Å². The zero-order valence-electron chi connectivity index (χ0n) is 8.45. The number of rotatable bonds is 7. The second-order valence-electron chi connectivity index (χ2n) is 2.47. The minimum atomic E-state index is 0. The first-order valence-corrected chi connectivity index (χ1v) is 5.36. The summed E-state index contributed by atoms with van der Waals surface area (Å²) in [5, 5.41) is 3.44. The second kappa shape index (κ2) is 16.0. The van der Waals surface area contributed by atoms with Gasteiger partial charge >= 0.3 is 0 Å². The van der Waals surface area contributed by atoms with Crippen LogP contribution in [0.3, 0.4) is 0 Å². The summed E-state index contributed by atoms with van der Waals surface area (Å²) in [5.74, 6) is 0.750. The second-order valence-corrected chi connectivity index (χ2v) is 3.62. The summed E-state index contributed by atoms with van der Waals surface area (Å²) < 4.78 is 0. The minimum Gasteiger partial charge on any atom is -0.330 e. The third kappa shape index (κ3) is 15.0. The summed E-state index contributed by atoms with van der Waals surface area (Å²) in [6.45, 7) is 4.56. The number of hydrogen-bond acceptors (Lipinski definition) is 4. The topological polar surface area (TPSA) is 55.1 Å². The summed E-state index contributed by atoms with van der Waals surface area (Å²) >= 11 is 1.34. The van der Waals surface area contributed by atoms with E-state index in [1.807, 2.05) is 0 Å². The van der Waals surface area contributed by atoms with E-state index >= 15 is 0 Å². The van der Waals surface area contributed by atoms with Crippen molar-refractivity contribution >= 4 is 41.7 Å². The molecule has 0 unspecified atom stereocenters. The van der Waals surface area contributed by atoms with Crippen LogP contribution in [-0.4, -0.2) is 30.5 Å². The Hall–Kier alpha value is 0.520. The lowest BCUT2D eigenvalue weighted by Gasteiger charge is -2.00. The molecular weight excluding hydrogens is 243 g/mol. The van der Waals surface area contributed by atoms with Crippen LogP contribution in [0, 0.1) is 0 Å². The predicted molar refractivity (Wildman–Crippen MR) is 68.8 cm³/mol. The maximum absolute atomic E-state index is 11.0. The Morgan fingerprint density at radius 2 is 2.07 bits per heavy atom. The molecule has 0 aliphatic rings. The molecule has 0 aliphatic carbocycles. The fourth-order valence-corrected chi connectivity index (χ4v) is 1.41. The van der Waals surface area contributed by atoms with Crippen molar-refractivity contribution in [2.75, 3.05) is 25.4 Å². The molecule has 0 atom stereocenters. The molecule has 0 bridgehead atoms. The van der Waals surface area contributed by atoms with Gasteiger partial charge in [0.1, 0.15) is 0 Å². The van der Waals surface area contributed by atoms with Crippen LogP contribution in [0.5, 0.6) is 0 Å². The first-order chi connectivity index (χ1) is 5.81. The maximum Gasteiger partial charge on any atom is 0.189 e. The van der Waals surface area contributed by atoms with Crippen molar-refractivity contribution < 1.29 is 4.79 Å². The molecule has 0 aromatic carbocycles. The Kier molecular flexibility index (Phi) is 22.8. The van der Waals surface area contributed by atoms with Gasteiger partial charge in [0.15, 0.2) is 5.12 Å².